The summed E-state index contributed by atoms with van der Waals surface area (Å²) in [6.07, 6.45) is -4.48. The first-order chi connectivity index (χ1) is 14.3. The smallest absolute Gasteiger partial charge is 0.416 e. The van der Waals surface area contributed by atoms with E-state index in [9.17, 15) is 22.8 Å². The van der Waals surface area contributed by atoms with Crippen LogP contribution in [0.3, 0.4) is 0 Å². The van der Waals surface area contributed by atoms with Crippen molar-refractivity contribution in [2.75, 3.05) is 11.5 Å². The molecule has 0 radical (unpaired) electrons. The van der Waals surface area contributed by atoms with Crippen LogP contribution in [0, 0.1) is 0 Å². The third-order valence-electron chi connectivity index (χ3n) is 4.86. The quantitative estimate of drug-likeness (QED) is 0.696. The van der Waals surface area contributed by atoms with E-state index in [1.807, 2.05) is 6.92 Å². The predicted octanol–water partition coefficient (Wildman–Crippen LogP) is 3.60. The molecular formula is C20H17F3N4O3. The van der Waals surface area contributed by atoms with Gasteiger partial charge in [0.05, 0.1) is 24.4 Å². The lowest BCUT2D eigenvalue weighted by molar-refractivity contribution is -0.137. The summed E-state index contributed by atoms with van der Waals surface area (Å²) in [5.41, 5.74) is -0.112. The van der Waals surface area contributed by atoms with Crippen LogP contribution in [-0.2, 0) is 22.3 Å². The molecule has 7 nitrogen and oxygen atoms in total. The number of imide groups is 1. The van der Waals surface area contributed by atoms with E-state index in [1.54, 1.807) is 24.3 Å². The molecule has 0 N–H and O–H groups in total. The number of nitrogens with zero attached hydrogens (tertiary/aromatic N) is 4. The van der Waals surface area contributed by atoms with Crippen LogP contribution in [0.15, 0.2) is 58.9 Å². The molecule has 2 aliphatic heterocycles. The highest BCUT2D eigenvalue weighted by molar-refractivity contribution is 6.25. The highest BCUT2D eigenvalue weighted by atomic mass is 19.4. The average molecular weight is 418 g/mol. The van der Waals surface area contributed by atoms with Gasteiger partial charge in [-0.15, -0.1) is 0 Å². The van der Waals surface area contributed by atoms with Crippen LogP contribution >= 0.6 is 0 Å². The Bertz CT molecular complexity index is 1010. The summed E-state index contributed by atoms with van der Waals surface area (Å²) >= 11 is 0. The van der Waals surface area contributed by atoms with Crippen LogP contribution in [0.25, 0.3) is 0 Å². The van der Waals surface area contributed by atoms with Gasteiger partial charge >= 0.3 is 6.18 Å². The van der Waals surface area contributed by atoms with E-state index in [2.05, 4.69) is 10.3 Å². The molecule has 10 heteroatoms. The number of hydrogen-bond donors (Lipinski definition) is 0. The Hall–Kier alpha value is -3.43. The Kier molecular flexibility index (Phi) is 4.92. The van der Waals surface area contributed by atoms with Gasteiger partial charge in [-0.3, -0.25) is 14.6 Å². The summed E-state index contributed by atoms with van der Waals surface area (Å²) in [5.74, 6) is -0.443. The number of ether oxygens (including phenoxy) is 1. The summed E-state index contributed by atoms with van der Waals surface area (Å²) in [6, 6.07) is 9.23. The molecule has 0 spiro atoms. The fourth-order valence-electron chi connectivity index (χ4n) is 3.50. The maximum atomic E-state index is 13.0. The number of hydrogen-bond acceptors (Lipinski definition) is 6. The molecule has 2 aromatic rings. The van der Waals surface area contributed by atoms with Crippen LogP contribution in [0.2, 0.25) is 0 Å². The first-order valence-corrected chi connectivity index (χ1v) is 9.24. The number of benzene rings is 2. The largest absolute Gasteiger partial charge is 0.494 e. The van der Waals surface area contributed by atoms with Gasteiger partial charge in [-0.25, -0.2) is 4.90 Å². The maximum absolute atomic E-state index is 13.0. The average Bonchev–Trinajstić information content (AvgIpc) is 3.22. The summed E-state index contributed by atoms with van der Waals surface area (Å²) in [4.78, 5) is 26.7. The van der Waals surface area contributed by atoms with Gasteiger partial charge in [0.15, 0.2) is 12.1 Å². The normalized spacial score (nSPS) is 20.8. The number of carbonyl (C=O) groups is 2. The molecular weight excluding hydrogens is 401 g/mol. The number of rotatable bonds is 5. The zero-order valence-electron chi connectivity index (χ0n) is 15.8. The van der Waals surface area contributed by atoms with Crippen LogP contribution in [0.4, 0.5) is 18.9 Å². The number of anilines is 1. The highest BCUT2D eigenvalue weighted by Crippen LogP contribution is 2.34. The Morgan fingerprint density at radius 1 is 1.07 bits per heavy atom. The van der Waals surface area contributed by atoms with E-state index >= 15 is 0 Å². The molecule has 0 bridgehead atoms. The van der Waals surface area contributed by atoms with Crippen LogP contribution in [0.1, 0.15) is 18.1 Å². The fourth-order valence-corrected chi connectivity index (χ4v) is 3.50. The second-order valence-electron chi connectivity index (χ2n) is 6.83. The predicted molar refractivity (Wildman–Crippen MR) is 99.5 cm³/mol. The van der Waals surface area contributed by atoms with Crippen LogP contribution in [-0.4, -0.2) is 35.5 Å². The lowest BCUT2D eigenvalue weighted by Gasteiger charge is -2.21. The molecule has 30 heavy (non-hydrogen) atoms. The van der Waals surface area contributed by atoms with Crippen molar-refractivity contribution in [2.24, 2.45) is 10.3 Å². The summed E-state index contributed by atoms with van der Waals surface area (Å²) in [7, 11) is 0. The third-order valence-corrected chi connectivity index (χ3v) is 4.86. The maximum Gasteiger partial charge on any atom is 0.416 e. The van der Waals surface area contributed by atoms with Crippen molar-refractivity contribution >= 4 is 17.5 Å². The molecule has 2 aliphatic rings. The molecule has 1 fully saturated rings. The molecule has 0 unspecified atom stereocenters. The lowest BCUT2D eigenvalue weighted by Crippen LogP contribution is -2.39. The van der Waals surface area contributed by atoms with Crippen LogP contribution in [0.5, 0.6) is 5.75 Å². The Labute approximate surface area is 169 Å². The summed E-state index contributed by atoms with van der Waals surface area (Å²) < 4.78 is 44.2. The summed E-state index contributed by atoms with van der Waals surface area (Å²) in [5, 5.41) is 9.02. The third kappa shape index (κ3) is 3.49. The van der Waals surface area contributed by atoms with E-state index in [-0.39, 0.29) is 6.54 Å². The van der Waals surface area contributed by atoms with Crippen molar-refractivity contribution in [1.82, 2.24) is 5.01 Å². The first kappa shape index (κ1) is 19.9. The van der Waals surface area contributed by atoms with Gasteiger partial charge in [-0.2, -0.15) is 18.3 Å². The van der Waals surface area contributed by atoms with E-state index in [0.29, 0.717) is 23.6 Å². The van der Waals surface area contributed by atoms with Gasteiger partial charge in [-0.05, 0) is 48.9 Å². The highest BCUT2D eigenvalue weighted by Gasteiger charge is 2.54. The van der Waals surface area contributed by atoms with Crippen molar-refractivity contribution in [2.45, 2.75) is 31.7 Å². The number of amides is 2. The molecule has 0 aromatic heterocycles. The Morgan fingerprint density at radius 2 is 1.80 bits per heavy atom. The second-order valence-corrected chi connectivity index (χ2v) is 6.83. The van der Waals surface area contributed by atoms with Gasteiger partial charge < -0.3 is 4.74 Å². The molecule has 2 aromatic carbocycles. The number of carbonyl (C=O) groups excluding carboxylic acids is 2. The van der Waals surface area contributed by atoms with E-state index in [4.69, 9.17) is 4.74 Å². The monoisotopic (exact) mass is 418 g/mol. The fraction of sp³-hybridized carbons (Fsp3) is 0.300. The van der Waals surface area contributed by atoms with Crippen molar-refractivity contribution in [3.8, 4) is 5.75 Å². The standard InChI is InChI=1S/C20H17F3N4O3/c1-2-30-15-8-6-14(7-9-15)27-18(28)16-17(19(27)29)26(25-24-16)11-12-4-3-5-13(10-12)20(21,22)23/h3-10,16-17H,2,11H2,1H3/t16-,17-/m0/s1. The van der Waals surface area contributed by atoms with Crippen molar-refractivity contribution in [3.05, 3.63) is 59.7 Å². The molecule has 2 heterocycles. The number of halogens is 3. The molecule has 2 atom stereocenters. The minimum Gasteiger partial charge on any atom is -0.494 e. The molecule has 1 saturated heterocycles. The van der Waals surface area contributed by atoms with Gasteiger partial charge in [0.1, 0.15) is 5.75 Å². The van der Waals surface area contributed by atoms with Crippen LogP contribution < -0.4 is 9.64 Å². The molecule has 4 rings (SSSR count). The zero-order chi connectivity index (χ0) is 21.5. The minimum absolute atomic E-state index is 0.0786. The van der Waals surface area contributed by atoms with Gasteiger partial charge in [0.2, 0.25) is 0 Å². The molecule has 0 aliphatic carbocycles. The van der Waals surface area contributed by atoms with E-state index in [1.165, 1.54) is 17.1 Å². The Morgan fingerprint density at radius 3 is 2.47 bits per heavy atom. The molecule has 0 saturated carbocycles. The Balaban J connectivity index is 1.55. The van der Waals surface area contributed by atoms with Crippen molar-refractivity contribution in [1.29, 1.82) is 0 Å². The minimum atomic E-state index is -4.48. The van der Waals surface area contributed by atoms with Gasteiger partial charge in [-0.1, -0.05) is 17.4 Å². The van der Waals surface area contributed by atoms with Crippen molar-refractivity contribution in [3.63, 3.8) is 0 Å². The zero-order valence-corrected chi connectivity index (χ0v) is 15.8. The van der Waals surface area contributed by atoms with Gasteiger partial charge in [0.25, 0.3) is 11.8 Å². The van der Waals surface area contributed by atoms with Gasteiger partial charge in [0, 0.05) is 0 Å². The lowest BCUT2D eigenvalue weighted by atomic mass is 10.1. The topological polar surface area (TPSA) is 74.6 Å². The number of fused-ring (bicyclic) bond motifs is 1. The number of alkyl halides is 3. The second kappa shape index (κ2) is 7.43. The van der Waals surface area contributed by atoms with Crippen molar-refractivity contribution < 1.29 is 27.5 Å². The molecule has 156 valence electrons. The summed E-state index contributed by atoms with van der Waals surface area (Å²) in [6.45, 7) is 2.24. The SMILES string of the molecule is CCOc1ccc(N2C(=O)[C@H]3N=NN(Cc4cccc(C(F)(F)F)c4)[C@@H]3C2=O)cc1. The first-order valence-electron chi connectivity index (χ1n) is 9.24. The van der Waals surface area contributed by atoms with E-state index < -0.39 is 35.6 Å². The molecule has 2 amide bonds. The van der Waals surface area contributed by atoms with E-state index in [0.717, 1.165) is 17.0 Å².